The number of urea groups is 1. The molecule has 0 spiro atoms. The SMILES string of the molecule is CCNC(=O)Nc1ccc2ncc(CCc3ccc(F)cc3)nc2n1. The first-order valence-corrected chi connectivity index (χ1v) is 8.06. The molecule has 0 saturated heterocycles. The fourth-order valence-electron chi connectivity index (χ4n) is 2.37. The van der Waals surface area contributed by atoms with Crippen molar-refractivity contribution < 1.29 is 9.18 Å². The van der Waals surface area contributed by atoms with Gasteiger partial charge in [-0.1, -0.05) is 12.1 Å². The van der Waals surface area contributed by atoms with E-state index in [1.54, 1.807) is 30.5 Å². The zero-order valence-electron chi connectivity index (χ0n) is 13.8. The van der Waals surface area contributed by atoms with Crippen LogP contribution in [0.1, 0.15) is 18.2 Å². The van der Waals surface area contributed by atoms with Gasteiger partial charge in [0.05, 0.1) is 5.69 Å². The number of halogens is 1. The van der Waals surface area contributed by atoms with Gasteiger partial charge < -0.3 is 5.32 Å². The summed E-state index contributed by atoms with van der Waals surface area (Å²) in [7, 11) is 0. The Morgan fingerprint density at radius 1 is 1.08 bits per heavy atom. The van der Waals surface area contributed by atoms with Crippen LogP contribution < -0.4 is 10.6 Å². The number of nitrogens with one attached hydrogen (secondary N) is 2. The predicted molar refractivity (Wildman–Crippen MR) is 93.8 cm³/mol. The molecular weight excluding hydrogens is 321 g/mol. The van der Waals surface area contributed by atoms with Crippen molar-refractivity contribution >= 4 is 23.0 Å². The molecule has 0 unspecified atom stereocenters. The molecule has 2 N–H and O–H groups in total. The van der Waals surface area contributed by atoms with Crippen molar-refractivity contribution in [1.82, 2.24) is 20.3 Å². The molecule has 2 amide bonds. The van der Waals surface area contributed by atoms with Crippen LogP contribution in [-0.2, 0) is 12.8 Å². The molecular formula is C18H18FN5O. The quantitative estimate of drug-likeness (QED) is 0.748. The first-order valence-electron chi connectivity index (χ1n) is 8.06. The summed E-state index contributed by atoms with van der Waals surface area (Å²) in [4.78, 5) is 24.8. The molecule has 7 heteroatoms. The molecule has 3 aromatic rings. The van der Waals surface area contributed by atoms with Crippen molar-refractivity contribution in [2.24, 2.45) is 0 Å². The fourth-order valence-corrected chi connectivity index (χ4v) is 2.37. The van der Waals surface area contributed by atoms with Crippen molar-refractivity contribution in [3.8, 4) is 0 Å². The van der Waals surface area contributed by atoms with Crippen molar-refractivity contribution in [2.75, 3.05) is 11.9 Å². The third-order valence-corrected chi connectivity index (χ3v) is 3.62. The molecule has 128 valence electrons. The molecule has 0 aliphatic carbocycles. The maximum Gasteiger partial charge on any atom is 0.320 e. The van der Waals surface area contributed by atoms with Crippen molar-refractivity contribution in [3.63, 3.8) is 0 Å². The number of anilines is 1. The Hall–Kier alpha value is -3.09. The molecule has 2 aromatic heterocycles. The molecule has 6 nitrogen and oxygen atoms in total. The number of aromatic nitrogens is 3. The van der Waals surface area contributed by atoms with Gasteiger partial charge in [-0.05, 0) is 49.6 Å². The van der Waals surface area contributed by atoms with Gasteiger partial charge in [-0.2, -0.15) is 0 Å². The summed E-state index contributed by atoms with van der Waals surface area (Å²) in [5, 5.41) is 5.30. The van der Waals surface area contributed by atoms with E-state index in [2.05, 4.69) is 25.6 Å². The van der Waals surface area contributed by atoms with Gasteiger partial charge in [0, 0.05) is 12.7 Å². The number of fused-ring (bicyclic) bond motifs is 1. The molecule has 25 heavy (non-hydrogen) atoms. The molecule has 0 radical (unpaired) electrons. The number of rotatable bonds is 5. The van der Waals surface area contributed by atoms with E-state index in [1.807, 2.05) is 6.92 Å². The lowest BCUT2D eigenvalue weighted by atomic mass is 10.1. The van der Waals surface area contributed by atoms with E-state index in [4.69, 9.17) is 0 Å². The van der Waals surface area contributed by atoms with Gasteiger partial charge in [-0.3, -0.25) is 10.3 Å². The number of nitrogens with zero attached hydrogens (tertiary/aromatic N) is 3. The summed E-state index contributed by atoms with van der Waals surface area (Å²) in [6.07, 6.45) is 3.12. The summed E-state index contributed by atoms with van der Waals surface area (Å²) in [5.41, 5.74) is 2.96. The normalized spacial score (nSPS) is 10.6. The van der Waals surface area contributed by atoms with E-state index in [-0.39, 0.29) is 11.8 Å². The van der Waals surface area contributed by atoms with E-state index in [1.165, 1.54) is 12.1 Å². The average Bonchev–Trinajstić information content (AvgIpc) is 2.61. The Balaban J connectivity index is 1.73. The summed E-state index contributed by atoms with van der Waals surface area (Å²) in [6, 6.07) is 9.55. The molecule has 2 heterocycles. The Labute approximate surface area is 144 Å². The molecule has 0 aliphatic heterocycles. The van der Waals surface area contributed by atoms with Crippen LogP contribution in [0.15, 0.2) is 42.6 Å². The van der Waals surface area contributed by atoms with Crippen LogP contribution in [0.25, 0.3) is 11.2 Å². The van der Waals surface area contributed by atoms with Crippen molar-refractivity contribution in [3.05, 3.63) is 59.7 Å². The Morgan fingerprint density at radius 3 is 2.64 bits per heavy atom. The smallest absolute Gasteiger partial charge is 0.320 e. The summed E-state index contributed by atoms with van der Waals surface area (Å²) in [5.74, 6) is 0.175. The molecule has 0 aliphatic rings. The number of carbonyl (C=O) groups excluding carboxylic acids is 1. The summed E-state index contributed by atoms with van der Waals surface area (Å²) in [6.45, 7) is 2.37. The van der Waals surface area contributed by atoms with Crippen LogP contribution in [0, 0.1) is 5.82 Å². The molecule has 0 saturated carbocycles. The molecule has 3 rings (SSSR count). The topological polar surface area (TPSA) is 79.8 Å². The number of hydrogen-bond acceptors (Lipinski definition) is 4. The number of hydrogen-bond donors (Lipinski definition) is 2. The lowest BCUT2D eigenvalue weighted by Crippen LogP contribution is -2.28. The monoisotopic (exact) mass is 339 g/mol. The molecule has 0 fully saturated rings. The highest BCUT2D eigenvalue weighted by Crippen LogP contribution is 2.13. The second kappa shape index (κ2) is 7.65. The van der Waals surface area contributed by atoms with Gasteiger partial charge >= 0.3 is 6.03 Å². The maximum atomic E-state index is 12.9. The van der Waals surface area contributed by atoms with Crippen molar-refractivity contribution in [1.29, 1.82) is 0 Å². The van der Waals surface area contributed by atoms with Crippen LogP contribution in [0.5, 0.6) is 0 Å². The highest BCUT2D eigenvalue weighted by atomic mass is 19.1. The van der Waals surface area contributed by atoms with Gasteiger partial charge in [0.25, 0.3) is 0 Å². The zero-order valence-corrected chi connectivity index (χ0v) is 13.8. The minimum Gasteiger partial charge on any atom is -0.338 e. The van der Waals surface area contributed by atoms with Crippen LogP contribution in [-0.4, -0.2) is 27.5 Å². The minimum atomic E-state index is -0.310. The first kappa shape index (κ1) is 16.8. The molecule has 1 aromatic carbocycles. The first-order chi connectivity index (χ1) is 12.1. The zero-order chi connectivity index (χ0) is 17.6. The van der Waals surface area contributed by atoms with Gasteiger partial charge in [-0.25, -0.2) is 19.2 Å². The Kier molecular flexibility index (Phi) is 5.13. The average molecular weight is 339 g/mol. The lowest BCUT2D eigenvalue weighted by Gasteiger charge is -2.06. The van der Waals surface area contributed by atoms with Gasteiger partial charge in [0.2, 0.25) is 0 Å². The van der Waals surface area contributed by atoms with Crippen LogP contribution in [0.3, 0.4) is 0 Å². The maximum absolute atomic E-state index is 12.9. The third kappa shape index (κ3) is 4.47. The highest BCUT2D eigenvalue weighted by Gasteiger charge is 2.06. The number of pyridine rings is 1. The van der Waals surface area contributed by atoms with Crippen molar-refractivity contribution in [2.45, 2.75) is 19.8 Å². The number of benzene rings is 1. The molecule has 0 bridgehead atoms. The second-order valence-corrected chi connectivity index (χ2v) is 5.51. The van der Waals surface area contributed by atoms with Gasteiger partial charge in [-0.15, -0.1) is 0 Å². The van der Waals surface area contributed by atoms with Gasteiger partial charge in [0.1, 0.15) is 17.2 Å². The summed E-state index contributed by atoms with van der Waals surface area (Å²) >= 11 is 0. The van der Waals surface area contributed by atoms with E-state index in [0.717, 1.165) is 17.7 Å². The van der Waals surface area contributed by atoms with Crippen LogP contribution in [0.2, 0.25) is 0 Å². The van der Waals surface area contributed by atoms with Crippen LogP contribution >= 0.6 is 0 Å². The minimum absolute atomic E-state index is 0.245. The predicted octanol–water partition coefficient (Wildman–Crippen LogP) is 3.09. The highest BCUT2D eigenvalue weighted by molar-refractivity contribution is 5.89. The number of aryl methyl sites for hydroxylation is 2. The van der Waals surface area contributed by atoms with Gasteiger partial charge in [0.15, 0.2) is 5.65 Å². The Morgan fingerprint density at radius 2 is 1.88 bits per heavy atom. The fraction of sp³-hybridized carbons (Fsp3) is 0.222. The van der Waals surface area contributed by atoms with Crippen LogP contribution in [0.4, 0.5) is 15.0 Å². The van der Waals surface area contributed by atoms with E-state index >= 15 is 0 Å². The third-order valence-electron chi connectivity index (χ3n) is 3.62. The molecule has 0 atom stereocenters. The largest absolute Gasteiger partial charge is 0.338 e. The van der Waals surface area contributed by atoms with E-state index < -0.39 is 0 Å². The lowest BCUT2D eigenvalue weighted by molar-refractivity contribution is 0.252. The Bertz CT molecular complexity index is 882. The number of amides is 2. The van der Waals surface area contributed by atoms with E-state index in [9.17, 15) is 9.18 Å². The number of carbonyl (C=O) groups is 1. The second-order valence-electron chi connectivity index (χ2n) is 5.51. The standard InChI is InChI=1S/C18H18FN5O/c1-2-20-18(25)24-16-10-9-15-17(23-16)22-14(11-21-15)8-5-12-3-6-13(19)7-4-12/h3-4,6-7,9-11H,2,5,8H2,1H3,(H2,20,22,23,24,25). The van der Waals surface area contributed by atoms with E-state index in [0.29, 0.717) is 29.9 Å². The summed E-state index contributed by atoms with van der Waals surface area (Å²) < 4.78 is 12.9.